The Balaban J connectivity index is 2.24. The van der Waals surface area contributed by atoms with Gasteiger partial charge in [0.25, 0.3) is 0 Å². The lowest BCUT2D eigenvalue weighted by Crippen LogP contribution is -2.41. The Morgan fingerprint density at radius 3 is 2.37 bits per heavy atom. The zero-order valence-corrected chi connectivity index (χ0v) is 12.7. The number of aryl methyl sites for hydroxylation is 1. The molecule has 1 aliphatic heterocycles. The summed E-state index contributed by atoms with van der Waals surface area (Å²) in [5.41, 5.74) is 0.153. The lowest BCUT2D eigenvalue weighted by Gasteiger charge is -2.32. The first-order valence-electron chi connectivity index (χ1n) is 6.79. The SMILES string of the molecule is CCCOc1c(B2OC(C)(C)C(C)(C)O2)cnn1C. The molecule has 0 aliphatic carbocycles. The molecular weight excluding hydrogens is 243 g/mol. The van der Waals surface area contributed by atoms with Gasteiger partial charge in [-0.3, -0.25) is 0 Å². The number of ether oxygens (including phenoxy) is 1. The predicted octanol–water partition coefficient (Wildman–Crippen LogP) is 1.51. The largest absolute Gasteiger partial charge is 0.502 e. The van der Waals surface area contributed by atoms with Crippen molar-refractivity contribution in [2.24, 2.45) is 7.05 Å². The highest BCUT2D eigenvalue weighted by Gasteiger charge is 2.53. The molecule has 19 heavy (non-hydrogen) atoms. The average Bonchev–Trinajstić information content (AvgIpc) is 2.75. The van der Waals surface area contributed by atoms with Crippen molar-refractivity contribution < 1.29 is 14.0 Å². The van der Waals surface area contributed by atoms with Crippen molar-refractivity contribution in [2.45, 2.75) is 52.2 Å². The Morgan fingerprint density at radius 1 is 1.26 bits per heavy atom. The van der Waals surface area contributed by atoms with Crippen LogP contribution < -0.4 is 10.2 Å². The molecule has 6 heteroatoms. The van der Waals surface area contributed by atoms with E-state index in [4.69, 9.17) is 14.0 Å². The van der Waals surface area contributed by atoms with E-state index in [-0.39, 0.29) is 11.2 Å². The second-order valence-electron chi connectivity index (χ2n) is 5.97. The van der Waals surface area contributed by atoms with E-state index in [2.05, 4.69) is 12.0 Å². The zero-order valence-electron chi connectivity index (χ0n) is 12.7. The van der Waals surface area contributed by atoms with E-state index in [1.54, 1.807) is 10.9 Å². The lowest BCUT2D eigenvalue weighted by atomic mass is 9.81. The summed E-state index contributed by atoms with van der Waals surface area (Å²) < 4.78 is 19.5. The van der Waals surface area contributed by atoms with E-state index in [9.17, 15) is 0 Å². The van der Waals surface area contributed by atoms with E-state index < -0.39 is 7.12 Å². The number of rotatable bonds is 4. The molecule has 0 unspecified atom stereocenters. The lowest BCUT2D eigenvalue weighted by molar-refractivity contribution is 0.00578. The highest BCUT2D eigenvalue weighted by Crippen LogP contribution is 2.37. The second-order valence-corrected chi connectivity index (χ2v) is 5.97. The summed E-state index contributed by atoms with van der Waals surface area (Å²) in [5, 5.41) is 4.24. The standard InChI is InChI=1S/C13H23BN2O3/c1-7-8-17-11-10(9-15-16(11)6)14-18-12(2,3)13(4,5)19-14/h9H,7-8H2,1-6H3. The van der Waals surface area contributed by atoms with Crippen LogP contribution in [0.25, 0.3) is 0 Å². The Bertz CT molecular complexity index is 441. The minimum atomic E-state index is -0.425. The maximum absolute atomic E-state index is 6.03. The van der Waals surface area contributed by atoms with Crippen molar-refractivity contribution in [1.82, 2.24) is 9.78 Å². The molecule has 1 aromatic rings. The van der Waals surface area contributed by atoms with E-state index in [1.807, 2.05) is 34.7 Å². The first kappa shape index (κ1) is 14.4. The van der Waals surface area contributed by atoms with Crippen LogP contribution in [0.4, 0.5) is 0 Å². The van der Waals surface area contributed by atoms with Crippen LogP contribution in [0.3, 0.4) is 0 Å². The molecule has 106 valence electrons. The normalized spacial score (nSPS) is 20.8. The molecule has 2 heterocycles. The van der Waals surface area contributed by atoms with Crippen LogP contribution in [0, 0.1) is 0 Å². The number of hydrogen-bond donors (Lipinski definition) is 0. The molecule has 0 atom stereocenters. The zero-order chi connectivity index (χ0) is 14.3. The van der Waals surface area contributed by atoms with Gasteiger partial charge < -0.3 is 14.0 Å². The minimum absolute atomic E-state index is 0.352. The molecule has 1 saturated heterocycles. The number of nitrogens with zero attached hydrogens (tertiary/aromatic N) is 2. The quantitative estimate of drug-likeness (QED) is 0.775. The highest BCUT2D eigenvalue weighted by atomic mass is 16.7. The van der Waals surface area contributed by atoms with Crippen LogP contribution in [0.15, 0.2) is 6.20 Å². The van der Waals surface area contributed by atoms with Crippen molar-refractivity contribution in [3.8, 4) is 5.88 Å². The van der Waals surface area contributed by atoms with E-state index in [1.165, 1.54) is 0 Å². The van der Waals surface area contributed by atoms with Crippen molar-refractivity contribution in [3.05, 3.63) is 6.20 Å². The van der Waals surface area contributed by atoms with E-state index >= 15 is 0 Å². The fourth-order valence-electron chi connectivity index (χ4n) is 1.95. The van der Waals surface area contributed by atoms with Crippen molar-refractivity contribution >= 4 is 12.6 Å². The molecule has 0 N–H and O–H groups in total. The first-order valence-corrected chi connectivity index (χ1v) is 6.79. The monoisotopic (exact) mass is 266 g/mol. The molecule has 0 amide bonds. The van der Waals surface area contributed by atoms with Crippen LogP contribution in [-0.4, -0.2) is 34.7 Å². The molecule has 0 bridgehead atoms. The van der Waals surface area contributed by atoms with Gasteiger partial charge >= 0.3 is 7.12 Å². The van der Waals surface area contributed by atoms with Gasteiger partial charge in [0.15, 0.2) is 0 Å². The van der Waals surface area contributed by atoms with Gasteiger partial charge in [-0.05, 0) is 34.1 Å². The van der Waals surface area contributed by atoms with Crippen molar-refractivity contribution in [3.63, 3.8) is 0 Å². The van der Waals surface area contributed by atoms with Crippen LogP contribution in [-0.2, 0) is 16.4 Å². The van der Waals surface area contributed by atoms with Crippen LogP contribution >= 0.6 is 0 Å². The third-order valence-electron chi connectivity index (χ3n) is 3.86. The summed E-state index contributed by atoms with van der Waals surface area (Å²) in [6.07, 6.45) is 2.71. The molecule has 2 rings (SSSR count). The van der Waals surface area contributed by atoms with Crippen LogP contribution in [0.2, 0.25) is 0 Å². The second kappa shape index (κ2) is 4.83. The van der Waals surface area contributed by atoms with Crippen LogP contribution in [0.1, 0.15) is 41.0 Å². The fourth-order valence-corrected chi connectivity index (χ4v) is 1.95. The van der Waals surface area contributed by atoms with Gasteiger partial charge in [0.05, 0.1) is 29.5 Å². The molecule has 1 aromatic heterocycles. The number of aromatic nitrogens is 2. The summed E-state index contributed by atoms with van der Waals surface area (Å²) in [7, 11) is 1.44. The summed E-state index contributed by atoms with van der Waals surface area (Å²) in [6.45, 7) is 10.9. The highest BCUT2D eigenvalue weighted by molar-refractivity contribution is 6.63. The third-order valence-corrected chi connectivity index (χ3v) is 3.86. The topological polar surface area (TPSA) is 45.5 Å². The Morgan fingerprint density at radius 2 is 1.84 bits per heavy atom. The van der Waals surface area contributed by atoms with Gasteiger partial charge in [-0.2, -0.15) is 5.10 Å². The first-order chi connectivity index (χ1) is 8.78. The van der Waals surface area contributed by atoms with Crippen LogP contribution in [0.5, 0.6) is 5.88 Å². The minimum Gasteiger partial charge on any atom is -0.478 e. The Labute approximate surface area is 115 Å². The summed E-state index contributed by atoms with van der Waals surface area (Å²) in [5.74, 6) is 0.723. The molecule has 1 fully saturated rings. The molecule has 5 nitrogen and oxygen atoms in total. The van der Waals surface area contributed by atoms with E-state index in [0.717, 1.165) is 17.8 Å². The average molecular weight is 266 g/mol. The van der Waals surface area contributed by atoms with Crippen molar-refractivity contribution in [2.75, 3.05) is 6.61 Å². The molecular formula is C13H23BN2O3. The molecule has 0 aromatic carbocycles. The maximum atomic E-state index is 6.03. The van der Waals surface area contributed by atoms with Gasteiger partial charge in [0.1, 0.15) is 0 Å². The van der Waals surface area contributed by atoms with Gasteiger partial charge in [-0.25, -0.2) is 4.68 Å². The maximum Gasteiger partial charge on any atom is 0.502 e. The third kappa shape index (κ3) is 2.51. The predicted molar refractivity (Wildman–Crippen MR) is 74.7 cm³/mol. The van der Waals surface area contributed by atoms with Gasteiger partial charge in [0, 0.05) is 7.05 Å². The molecule has 0 saturated carbocycles. The summed E-state index contributed by atoms with van der Waals surface area (Å²) in [6, 6.07) is 0. The summed E-state index contributed by atoms with van der Waals surface area (Å²) >= 11 is 0. The van der Waals surface area contributed by atoms with Crippen molar-refractivity contribution in [1.29, 1.82) is 0 Å². The Hall–Kier alpha value is -1.01. The van der Waals surface area contributed by atoms with Gasteiger partial charge in [-0.1, -0.05) is 6.92 Å². The summed E-state index contributed by atoms with van der Waals surface area (Å²) in [4.78, 5) is 0. The fraction of sp³-hybridized carbons (Fsp3) is 0.769. The Kier molecular flexibility index (Phi) is 3.66. The molecule has 0 radical (unpaired) electrons. The van der Waals surface area contributed by atoms with E-state index in [0.29, 0.717) is 6.61 Å². The molecule has 1 aliphatic rings. The smallest absolute Gasteiger partial charge is 0.478 e. The number of hydrogen-bond acceptors (Lipinski definition) is 4. The molecule has 0 spiro atoms. The van der Waals surface area contributed by atoms with Gasteiger partial charge in [0.2, 0.25) is 5.88 Å². The van der Waals surface area contributed by atoms with Gasteiger partial charge in [-0.15, -0.1) is 0 Å².